The van der Waals surface area contributed by atoms with E-state index < -0.39 is 17.5 Å². The van der Waals surface area contributed by atoms with Gasteiger partial charge in [-0.15, -0.1) is 0 Å². The number of aliphatic carboxylic acids is 1. The number of rotatable bonds is 4. The number of morpholine rings is 1. The maximum atomic E-state index is 13.6. The smallest absolute Gasteiger partial charge is 0.306 e. The Morgan fingerprint density at radius 2 is 2.17 bits per heavy atom. The second kappa shape index (κ2) is 6.28. The van der Waals surface area contributed by atoms with E-state index in [1.54, 1.807) is 17.0 Å². The van der Waals surface area contributed by atoms with Crippen molar-refractivity contribution < 1.29 is 23.8 Å². The Morgan fingerprint density at radius 3 is 2.78 bits per heavy atom. The van der Waals surface area contributed by atoms with Crippen LogP contribution in [0.2, 0.25) is 0 Å². The molecular formula is C17H20FNO4. The minimum atomic E-state index is -0.937. The van der Waals surface area contributed by atoms with E-state index >= 15 is 0 Å². The minimum absolute atomic E-state index is 0.0342. The fraction of sp³-hybridized carbons (Fsp3) is 0.529. The van der Waals surface area contributed by atoms with Crippen LogP contribution in [0.25, 0.3) is 0 Å². The van der Waals surface area contributed by atoms with Gasteiger partial charge in [0.05, 0.1) is 24.5 Å². The monoisotopic (exact) mass is 321 g/mol. The molecule has 2 fully saturated rings. The van der Waals surface area contributed by atoms with E-state index in [1.807, 2.05) is 0 Å². The van der Waals surface area contributed by atoms with Gasteiger partial charge in [-0.2, -0.15) is 0 Å². The predicted molar refractivity (Wildman–Crippen MR) is 80.5 cm³/mol. The Balaban J connectivity index is 1.79. The Labute approximate surface area is 134 Å². The first-order chi connectivity index (χ1) is 11.0. The Kier molecular flexibility index (Phi) is 4.35. The molecule has 2 aliphatic rings. The Hall–Kier alpha value is -1.95. The number of nitrogens with zero attached hydrogens (tertiary/aromatic N) is 1. The summed E-state index contributed by atoms with van der Waals surface area (Å²) in [7, 11) is 0. The molecule has 1 saturated heterocycles. The molecule has 0 bridgehead atoms. The molecular weight excluding hydrogens is 301 g/mol. The fourth-order valence-electron chi connectivity index (χ4n) is 3.47. The third-order valence-electron chi connectivity index (χ3n) is 4.82. The zero-order chi connectivity index (χ0) is 16.4. The number of carbonyl (C=O) groups excluding carboxylic acids is 1. The molecule has 0 unspecified atom stereocenters. The van der Waals surface area contributed by atoms with Gasteiger partial charge in [-0.3, -0.25) is 9.59 Å². The van der Waals surface area contributed by atoms with Crippen molar-refractivity contribution in [1.29, 1.82) is 0 Å². The first kappa shape index (κ1) is 15.9. The van der Waals surface area contributed by atoms with Gasteiger partial charge in [0.15, 0.2) is 0 Å². The molecule has 1 amide bonds. The van der Waals surface area contributed by atoms with Gasteiger partial charge in [-0.1, -0.05) is 18.6 Å². The van der Waals surface area contributed by atoms with Gasteiger partial charge < -0.3 is 14.7 Å². The molecule has 1 aliphatic heterocycles. The molecule has 3 rings (SSSR count). The third kappa shape index (κ3) is 3.08. The van der Waals surface area contributed by atoms with Gasteiger partial charge in [-0.05, 0) is 30.5 Å². The van der Waals surface area contributed by atoms with E-state index in [4.69, 9.17) is 9.84 Å². The standard InChI is InChI=1S/C17H20FNO4/c18-13-4-1-3-12(9-13)17(5-2-6-17)16(22)19-7-8-23-14(11-19)10-15(20)21/h1,3-4,9,14H,2,5-8,10-11H2,(H,20,21)/t14-/m0/s1. The molecule has 1 saturated carbocycles. The highest BCUT2D eigenvalue weighted by Gasteiger charge is 2.48. The van der Waals surface area contributed by atoms with Crippen LogP contribution in [0.4, 0.5) is 4.39 Å². The first-order valence-electron chi connectivity index (χ1n) is 7.90. The second-order valence-electron chi connectivity index (χ2n) is 6.29. The normalized spacial score (nSPS) is 23.2. The molecule has 23 heavy (non-hydrogen) atoms. The van der Waals surface area contributed by atoms with Crippen LogP contribution < -0.4 is 0 Å². The highest BCUT2D eigenvalue weighted by atomic mass is 19.1. The van der Waals surface area contributed by atoms with Crippen LogP contribution in [-0.2, 0) is 19.7 Å². The molecule has 0 radical (unpaired) electrons. The van der Waals surface area contributed by atoms with Crippen molar-refractivity contribution in [1.82, 2.24) is 4.90 Å². The zero-order valence-electron chi connectivity index (χ0n) is 12.8. The van der Waals surface area contributed by atoms with E-state index in [0.717, 1.165) is 12.0 Å². The predicted octanol–water partition coefficient (Wildman–Crippen LogP) is 1.95. The van der Waals surface area contributed by atoms with Gasteiger partial charge in [0.2, 0.25) is 5.91 Å². The maximum absolute atomic E-state index is 13.6. The van der Waals surface area contributed by atoms with Crippen LogP contribution in [0.5, 0.6) is 0 Å². The number of hydrogen-bond acceptors (Lipinski definition) is 3. The number of benzene rings is 1. The molecule has 5 nitrogen and oxygen atoms in total. The van der Waals surface area contributed by atoms with Crippen molar-refractivity contribution in [3.8, 4) is 0 Å². The summed E-state index contributed by atoms with van der Waals surface area (Å²) in [4.78, 5) is 25.6. The zero-order valence-corrected chi connectivity index (χ0v) is 12.8. The van der Waals surface area contributed by atoms with Crippen molar-refractivity contribution >= 4 is 11.9 Å². The van der Waals surface area contributed by atoms with Crippen molar-refractivity contribution in [3.63, 3.8) is 0 Å². The van der Waals surface area contributed by atoms with Gasteiger partial charge >= 0.3 is 5.97 Å². The Morgan fingerprint density at radius 1 is 1.39 bits per heavy atom. The number of halogens is 1. The summed E-state index contributed by atoms with van der Waals surface area (Å²) in [5, 5.41) is 8.89. The van der Waals surface area contributed by atoms with E-state index in [2.05, 4.69) is 0 Å². The lowest BCUT2D eigenvalue weighted by Crippen LogP contribution is -2.55. The molecule has 1 atom stereocenters. The average molecular weight is 321 g/mol. The van der Waals surface area contributed by atoms with Crippen LogP contribution >= 0.6 is 0 Å². The molecule has 0 aromatic heterocycles. The van der Waals surface area contributed by atoms with E-state index in [1.165, 1.54) is 12.1 Å². The molecule has 6 heteroatoms. The average Bonchev–Trinajstić information content (AvgIpc) is 2.45. The van der Waals surface area contributed by atoms with Crippen molar-refractivity contribution in [3.05, 3.63) is 35.6 Å². The summed E-state index contributed by atoms with van der Waals surface area (Å²) >= 11 is 0. The van der Waals surface area contributed by atoms with Crippen LogP contribution in [-0.4, -0.2) is 47.7 Å². The molecule has 1 aromatic rings. The molecule has 124 valence electrons. The lowest BCUT2D eigenvalue weighted by molar-refractivity contribution is -0.153. The molecule has 1 heterocycles. The molecule has 1 N–H and O–H groups in total. The van der Waals surface area contributed by atoms with Crippen LogP contribution in [0.3, 0.4) is 0 Å². The maximum Gasteiger partial charge on any atom is 0.306 e. The summed E-state index contributed by atoms with van der Waals surface area (Å²) in [6.07, 6.45) is 1.75. The van der Waals surface area contributed by atoms with Crippen molar-refractivity contribution in [2.45, 2.75) is 37.2 Å². The molecule has 0 spiro atoms. The number of hydrogen-bond donors (Lipinski definition) is 1. The quantitative estimate of drug-likeness (QED) is 0.920. The first-order valence-corrected chi connectivity index (χ1v) is 7.90. The lowest BCUT2D eigenvalue weighted by atomic mass is 9.63. The number of carbonyl (C=O) groups is 2. The number of ether oxygens (including phenoxy) is 1. The van der Waals surface area contributed by atoms with E-state index in [-0.39, 0.29) is 24.7 Å². The third-order valence-corrected chi connectivity index (χ3v) is 4.82. The highest BCUT2D eigenvalue weighted by Crippen LogP contribution is 2.45. The van der Waals surface area contributed by atoms with Gasteiger partial charge in [0, 0.05) is 13.1 Å². The van der Waals surface area contributed by atoms with E-state index in [9.17, 15) is 14.0 Å². The van der Waals surface area contributed by atoms with Crippen LogP contribution in [0.1, 0.15) is 31.2 Å². The summed E-state index contributed by atoms with van der Waals surface area (Å²) in [5.74, 6) is -1.31. The SMILES string of the molecule is O=C(O)C[C@H]1CN(C(=O)C2(c3cccc(F)c3)CCC2)CCO1. The number of amides is 1. The highest BCUT2D eigenvalue weighted by molar-refractivity contribution is 5.89. The largest absolute Gasteiger partial charge is 0.481 e. The lowest BCUT2D eigenvalue weighted by Gasteiger charge is -2.45. The second-order valence-corrected chi connectivity index (χ2v) is 6.29. The van der Waals surface area contributed by atoms with Crippen LogP contribution in [0, 0.1) is 5.82 Å². The van der Waals surface area contributed by atoms with Gasteiger partial charge in [0.1, 0.15) is 5.82 Å². The van der Waals surface area contributed by atoms with Crippen molar-refractivity contribution in [2.75, 3.05) is 19.7 Å². The van der Waals surface area contributed by atoms with Gasteiger partial charge in [0.25, 0.3) is 0 Å². The minimum Gasteiger partial charge on any atom is -0.481 e. The Bertz CT molecular complexity index is 614. The summed E-state index contributed by atoms with van der Waals surface area (Å²) in [5.41, 5.74) is 0.0581. The molecule has 1 aromatic carbocycles. The topological polar surface area (TPSA) is 66.8 Å². The fourth-order valence-corrected chi connectivity index (χ4v) is 3.47. The van der Waals surface area contributed by atoms with Crippen LogP contribution in [0.15, 0.2) is 24.3 Å². The van der Waals surface area contributed by atoms with Gasteiger partial charge in [-0.25, -0.2) is 4.39 Å². The van der Waals surface area contributed by atoms with Crippen molar-refractivity contribution in [2.24, 2.45) is 0 Å². The summed E-state index contributed by atoms with van der Waals surface area (Å²) in [6, 6.07) is 6.24. The molecule has 1 aliphatic carbocycles. The van der Waals surface area contributed by atoms with E-state index in [0.29, 0.717) is 26.0 Å². The summed E-state index contributed by atoms with van der Waals surface area (Å²) < 4.78 is 19.0. The summed E-state index contributed by atoms with van der Waals surface area (Å²) in [6.45, 7) is 1.07. The number of carboxylic acid groups (broad SMARTS) is 1. The number of carboxylic acids is 1.